The molecule has 0 unspecified atom stereocenters. The van der Waals surface area contributed by atoms with Crippen LogP contribution in [0.15, 0.2) is 12.1 Å². The molecule has 0 saturated carbocycles. The van der Waals surface area contributed by atoms with Gasteiger partial charge in [0, 0.05) is 0 Å². The summed E-state index contributed by atoms with van der Waals surface area (Å²) < 4.78 is 25.3. The van der Waals surface area contributed by atoms with Gasteiger partial charge in [0.25, 0.3) is 5.91 Å². The predicted octanol–water partition coefficient (Wildman–Crippen LogP) is 0.894. The molecule has 9 nitrogen and oxygen atoms in total. The zero-order valence-corrected chi connectivity index (χ0v) is 13.4. The highest BCUT2D eigenvalue weighted by Crippen LogP contribution is 2.40. The van der Waals surface area contributed by atoms with Crippen LogP contribution < -0.4 is 19.5 Å². The van der Waals surface area contributed by atoms with Gasteiger partial charge in [0.1, 0.15) is 13.2 Å². The highest BCUT2D eigenvalue weighted by atomic mass is 16.6. The maximum Gasteiger partial charge on any atom is 0.413 e. The van der Waals surface area contributed by atoms with E-state index < -0.39 is 24.1 Å². The second-order valence-corrected chi connectivity index (χ2v) is 4.73. The monoisotopic (exact) mass is 339 g/mol. The Morgan fingerprint density at radius 3 is 2.54 bits per heavy atom. The topological polar surface area (TPSA) is 109 Å². The molecule has 2 rings (SSSR count). The minimum Gasteiger partial charge on any atom is -0.493 e. The van der Waals surface area contributed by atoms with Crippen LogP contribution in [-0.2, 0) is 14.3 Å². The van der Waals surface area contributed by atoms with Crippen LogP contribution in [0.2, 0.25) is 0 Å². The van der Waals surface area contributed by atoms with Crippen LogP contribution >= 0.6 is 0 Å². The molecule has 1 aromatic carbocycles. The third-order valence-electron chi connectivity index (χ3n) is 3.13. The summed E-state index contributed by atoms with van der Waals surface area (Å²) in [7, 11) is 2.54. The molecule has 1 aromatic rings. The molecule has 0 aliphatic carbocycles. The summed E-state index contributed by atoms with van der Waals surface area (Å²) in [4.78, 5) is 34.9. The third kappa shape index (κ3) is 3.86. The van der Waals surface area contributed by atoms with Crippen molar-refractivity contribution in [3.8, 4) is 17.2 Å². The summed E-state index contributed by atoms with van der Waals surface area (Å²) in [5, 5.41) is 1.91. The van der Waals surface area contributed by atoms with Gasteiger partial charge in [-0.2, -0.15) is 0 Å². The van der Waals surface area contributed by atoms with Gasteiger partial charge in [-0.1, -0.05) is 0 Å². The van der Waals surface area contributed by atoms with Crippen LogP contribution in [0.5, 0.6) is 17.2 Å². The first-order chi connectivity index (χ1) is 11.5. The molecule has 0 spiro atoms. The van der Waals surface area contributed by atoms with E-state index in [2.05, 4.69) is 4.74 Å². The van der Waals surface area contributed by atoms with Crippen LogP contribution in [0.1, 0.15) is 17.3 Å². The minimum absolute atomic E-state index is 0.119. The number of rotatable bonds is 4. The first-order valence-electron chi connectivity index (χ1n) is 7.03. The molecule has 24 heavy (non-hydrogen) atoms. The van der Waals surface area contributed by atoms with E-state index in [1.54, 1.807) is 0 Å². The maximum atomic E-state index is 12.2. The van der Waals surface area contributed by atoms with E-state index in [-0.39, 0.29) is 5.56 Å². The van der Waals surface area contributed by atoms with Gasteiger partial charge in [-0.25, -0.2) is 9.59 Å². The molecule has 0 fully saturated rings. The number of benzene rings is 1. The van der Waals surface area contributed by atoms with Gasteiger partial charge in [-0.05, 0) is 19.1 Å². The fourth-order valence-corrected chi connectivity index (χ4v) is 1.93. The zero-order chi connectivity index (χ0) is 17.7. The highest BCUT2D eigenvalue weighted by molar-refractivity contribution is 5.97. The lowest BCUT2D eigenvalue weighted by molar-refractivity contribution is -0.128. The molecule has 2 amide bonds. The molecule has 0 radical (unpaired) electrons. The number of nitrogens with one attached hydrogen (secondary N) is 1. The molecule has 0 saturated heterocycles. The van der Waals surface area contributed by atoms with E-state index in [4.69, 9.17) is 18.9 Å². The van der Waals surface area contributed by atoms with Crippen LogP contribution in [0.25, 0.3) is 0 Å². The zero-order valence-electron chi connectivity index (χ0n) is 13.4. The van der Waals surface area contributed by atoms with E-state index in [1.807, 2.05) is 5.32 Å². The third-order valence-corrected chi connectivity index (χ3v) is 3.13. The number of imide groups is 1. The highest BCUT2D eigenvalue weighted by Gasteiger charge is 2.25. The Labute approximate surface area is 137 Å². The van der Waals surface area contributed by atoms with E-state index >= 15 is 0 Å². The molecule has 1 aliphatic rings. The molecule has 0 bridgehead atoms. The van der Waals surface area contributed by atoms with Crippen molar-refractivity contribution < 1.29 is 38.1 Å². The normalized spacial score (nSPS) is 13.5. The Morgan fingerprint density at radius 2 is 1.88 bits per heavy atom. The molecular weight excluding hydrogens is 322 g/mol. The molecule has 0 aromatic heterocycles. The Bertz CT molecular complexity index is 640. The summed E-state index contributed by atoms with van der Waals surface area (Å²) in [5.41, 5.74) is 0.119. The lowest BCUT2D eigenvalue weighted by atomic mass is 10.1. The SMILES string of the molecule is COC(=O)NC(=O)[C@H](C)OC(=O)c1cc(OC)c2c(c1)OCCO2. The minimum atomic E-state index is -1.20. The van der Waals surface area contributed by atoms with Crippen molar-refractivity contribution in [3.05, 3.63) is 17.7 Å². The lowest BCUT2D eigenvalue weighted by Crippen LogP contribution is -2.39. The quantitative estimate of drug-likeness (QED) is 0.806. The second kappa shape index (κ2) is 7.53. The maximum absolute atomic E-state index is 12.2. The van der Waals surface area contributed by atoms with Gasteiger partial charge in [0.2, 0.25) is 5.75 Å². The van der Waals surface area contributed by atoms with Gasteiger partial charge >= 0.3 is 12.1 Å². The number of ether oxygens (including phenoxy) is 5. The van der Waals surface area contributed by atoms with Crippen LogP contribution in [-0.4, -0.2) is 51.5 Å². The lowest BCUT2D eigenvalue weighted by Gasteiger charge is -2.21. The van der Waals surface area contributed by atoms with E-state index in [0.29, 0.717) is 30.5 Å². The molecule has 130 valence electrons. The number of carbonyl (C=O) groups excluding carboxylic acids is 3. The standard InChI is InChI=1S/C15H17NO8/c1-8(13(17)16-15(19)21-3)24-14(18)9-6-10(20-2)12-11(7-9)22-4-5-23-12/h6-8H,4-5H2,1-3H3,(H,16,17,19)/t8-/m0/s1. The van der Waals surface area contributed by atoms with Crippen molar-refractivity contribution in [2.45, 2.75) is 13.0 Å². The first kappa shape index (κ1) is 17.4. The number of esters is 1. The predicted molar refractivity (Wildman–Crippen MR) is 79.4 cm³/mol. The van der Waals surface area contributed by atoms with Gasteiger partial charge in [-0.15, -0.1) is 0 Å². The van der Waals surface area contributed by atoms with Gasteiger partial charge in [0.05, 0.1) is 19.8 Å². The Balaban J connectivity index is 2.12. The van der Waals surface area contributed by atoms with Crippen LogP contribution in [0.3, 0.4) is 0 Å². The van der Waals surface area contributed by atoms with Crippen molar-refractivity contribution >= 4 is 18.0 Å². The molecule has 1 N–H and O–H groups in total. The van der Waals surface area contributed by atoms with Gasteiger partial charge < -0.3 is 23.7 Å². The molecule has 9 heteroatoms. The average molecular weight is 339 g/mol. The van der Waals surface area contributed by atoms with Crippen LogP contribution in [0, 0.1) is 0 Å². The van der Waals surface area contributed by atoms with Crippen molar-refractivity contribution in [3.63, 3.8) is 0 Å². The van der Waals surface area contributed by atoms with Crippen molar-refractivity contribution in [2.24, 2.45) is 0 Å². The smallest absolute Gasteiger partial charge is 0.413 e. The number of carbonyl (C=O) groups is 3. The number of alkyl carbamates (subject to hydrolysis) is 1. The first-order valence-corrected chi connectivity index (χ1v) is 7.03. The van der Waals surface area contributed by atoms with E-state index in [0.717, 1.165) is 7.11 Å². The molecule has 1 aliphatic heterocycles. The van der Waals surface area contributed by atoms with E-state index in [9.17, 15) is 14.4 Å². The fraction of sp³-hybridized carbons (Fsp3) is 0.400. The number of fused-ring (bicyclic) bond motifs is 1. The number of hydrogen-bond acceptors (Lipinski definition) is 8. The summed E-state index contributed by atoms with van der Waals surface area (Å²) in [6.07, 6.45) is -2.14. The molecular formula is C15H17NO8. The van der Waals surface area contributed by atoms with Crippen molar-refractivity contribution in [1.29, 1.82) is 0 Å². The fourth-order valence-electron chi connectivity index (χ4n) is 1.93. The van der Waals surface area contributed by atoms with E-state index in [1.165, 1.54) is 26.2 Å². The van der Waals surface area contributed by atoms with Crippen molar-refractivity contribution in [1.82, 2.24) is 5.32 Å². The summed E-state index contributed by atoms with van der Waals surface area (Å²) in [6, 6.07) is 2.85. The van der Waals surface area contributed by atoms with Gasteiger partial charge in [-0.3, -0.25) is 10.1 Å². The van der Waals surface area contributed by atoms with Gasteiger partial charge in [0.15, 0.2) is 17.6 Å². The Hall–Kier alpha value is -2.97. The Kier molecular flexibility index (Phi) is 5.46. The number of amides is 2. The Morgan fingerprint density at radius 1 is 1.17 bits per heavy atom. The molecule has 1 heterocycles. The van der Waals surface area contributed by atoms with Crippen LogP contribution in [0.4, 0.5) is 4.79 Å². The summed E-state index contributed by atoms with van der Waals surface area (Å²) >= 11 is 0. The number of hydrogen-bond donors (Lipinski definition) is 1. The van der Waals surface area contributed by atoms with Crippen molar-refractivity contribution in [2.75, 3.05) is 27.4 Å². The summed E-state index contributed by atoms with van der Waals surface area (Å²) in [6.45, 7) is 2.04. The average Bonchev–Trinajstić information content (AvgIpc) is 2.60. The number of methoxy groups -OCH3 is 2. The second-order valence-electron chi connectivity index (χ2n) is 4.73. The molecule has 1 atom stereocenters. The summed E-state index contributed by atoms with van der Waals surface area (Å²) in [5.74, 6) is -0.528. The largest absolute Gasteiger partial charge is 0.493 e.